The first-order chi connectivity index (χ1) is 12.8. The fraction of sp³-hybridized carbons (Fsp3) is 0.444. The maximum atomic E-state index is 12.3. The van der Waals surface area contributed by atoms with Gasteiger partial charge in [0.05, 0.1) is 23.1 Å². The third kappa shape index (κ3) is 6.60. The van der Waals surface area contributed by atoms with Crippen molar-refractivity contribution in [1.82, 2.24) is 15.0 Å². The highest BCUT2D eigenvalue weighted by molar-refractivity contribution is 7.89. The number of nitrogens with zero attached hydrogens (tertiary/aromatic N) is 1. The van der Waals surface area contributed by atoms with Crippen LogP contribution in [0.15, 0.2) is 34.5 Å². The standard InChI is InChI=1S/C18H25N3O4S2/c1-13-12-26-17(20-13)6-4-5-11-19-18(22)14(2)21-27(23,24)16-9-7-15(25-3)8-10-16/h7-10,12,14,21H,4-6,11H2,1-3H3,(H,19,22)/t14-/m0/s1. The molecule has 1 atom stereocenters. The zero-order chi connectivity index (χ0) is 19.9. The number of carbonyl (C=O) groups is 1. The van der Waals surface area contributed by atoms with E-state index in [2.05, 4.69) is 15.0 Å². The zero-order valence-electron chi connectivity index (χ0n) is 15.7. The maximum absolute atomic E-state index is 12.3. The van der Waals surface area contributed by atoms with Crippen LogP contribution in [0.4, 0.5) is 0 Å². The summed E-state index contributed by atoms with van der Waals surface area (Å²) in [5.74, 6) is 0.213. The third-order valence-electron chi connectivity index (χ3n) is 3.88. The van der Waals surface area contributed by atoms with Gasteiger partial charge in [0.1, 0.15) is 5.75 Å². The number of hydrogen-bond donors (Lipinski definition) is 2. The summed E-state index contributed by atoms with van der Waals surface area (Å²) in [5, 5.41) is 5.88. The summed E-state index contributed by atoms with van der Waals surface area (Å²) in [6, 6.07) is 5.13. The van der Waals surface area contributed by atoms with Crippen LogP contribution in [0.3, 0.4) is 0 Å². The first-order valence-electron chi connectivity index (χ1n) is 8.67. The molecule has 2 aromatic rings. The SMILES string of the molecule is COc1ccc(S(=O)(=O)N[C@@H](C)C(=O)NCCCCc2nc(C)cs2)cc1. The predicted molar refractivity (Wildman–Crippen MR) is 106 cm³/mol. The van der Waals surface area contributed by atoms with Crippen molar-refractivity contribution in [3.05, 3.63) is 40.3 Å². The average Bonchev–Trinajstić information content (AvgIpc) is 3.06. The highest BCUT2D eigenvalue weighted by atomic mass is 32.2. The lowest BCUT2D eigenvalue weighted by molar-refractivity contribution is -0.122. The first-order valence-corrected chi connectivity index (χ1v) is 11.0. The predicted octanol–water partition coefficient (Wildman–Crippen LogP) is 2.27. The molecule has 0 aliphatic rings. The van der Waals surface area contributed by atoms with Crippen molar-refractivity contribution < 1.29 is 17.9 Å². The van der Waals surface area contributed by atoms with E-state index in [0.29, 0.717) is 12.3 Å². The van der Waals surface area contributed by atoms with Gasteiger partial charge in [-0.15, -0.1) is 11.3 Å². The van der Waals surface area contributed by atoms with Crippen LogP contribution in [0.2, 0.25) is 0 Å². The van der Waals surface area contributed by atoms with Crippen molar-refractivity contribution in [3.8, 4) is 5.75 Å². The number of aromatic nitrogens is 1. The monoisotopic (exact) mass is 411 g/mol. The molecule has 0 unspecified atom stereocenters. The number of aryl methyl sites for hydroxylation is 2. The molecule has 1 aromatic carbocycles. The van der Waals surface area contributed by atoms with Gasteiger partial charge in [0.15, 0.2) is 0 Å². The molecule has 0 aliphatic carbocycles. The van der Waals surface area contributed by atoms with Crippen LogP contribution in [-0.4, -0.2) is 39.0 Å². The Labute approximate surface area is 164 Å². The second-order valence-electron chi connectivity index (χ2n) is 6.15. The number of amides is 1. The Morgan fingerprint density at radius 1 is 1.26 bits per heavy atom. The van der Waals surface area contributed by atoms with E-state index in [0.717, 1.165) is 30.0 Å². The van der Waals surface area contributed by atoms with Crippen molar-refractivity contribution >= 4 is 27.3 Å². The Balaban J connectivity index is 1.75. The number of thiazole rings is 1. The molecule has 0 fully saturated rings. The molecule has 0 aliphatic heterocycles. The minimum Gasteiger partial charge on any atom is -0.497 e. The number of methoxy groups -OCH3 is 1. The van der Waals surface area contributed by atoms with E-state index in [1.165, 1.54) is 26.2 Å². The number of rotatable bonds is 10. The molecule has 1 aromatic heterocycles. The molecule has 0 spiro atoms. The number of unbranched alkanes of at least 4 members (excludes halogenated alkanes) is 1. The molecule has 7 nitrogen and oxygen atoms in total. The van der Waals surface area contributed by atoms with Gasteiger partial charge < -0.3 is 10.1 Å². The highest BCUT2D eigenvalue weighted by Gasteiger charge is 2.21. The van der Waals surface area contributed by atoms with Crippen molar-refractivity contribution in [3.63, 3.8) is 0 Å². The van der Waals surface area contributed by atoms with E-state index in [-0.39, 0.29) is 10.8 Å². The molecular formula is C18H25N3O4S2. The van der Waals surface area contributed by atoms with Gasteiger partial charge in [-0.25, -0.2) is 13.4 Å². The van der Waals surface area contributed by atoms with E-state index in [1.54, 1.807) is 23.5 Å². The van der Waals surface area contributed by atoms with E-state index >= 15 is 0 Å². The van der Waals surface area contributed by atoms with Crippen LogP contribution in [0, 0.1) is 6.92 Å². The van der Waals surface area contributed by atoms with Crippen LogP contribution >= 0.6 is 11.3 Å². The van der Waals surface area contributed by atoms with Gasteiger partial charge in [0.2, 0.25) is 15.9 Å². The van der Waals surface area contributed by atoms with Crippen LogP contribution in [0.5, 0.6) is 5.75 Å². The molecule has 148 valence electrons. The van der Waals surface area contributed by atoms with E-state index < -0.39 is 16.1 Å². The summed E-state index contributed by atoms with van der Waals surface area (Å²) >= 11 is 1.64. The summed E-state index contributed by atoms with van der Waals surface area (Å²) in [5.41, 5.74) is 1.03. The molecule has 9 heteroatoms. The zero-order valence-corrected chi connectivity index (χ0v) is 17.3. The molecule has 0 bridgehead atoms. The van der Waals surface area contributed by atoms with Crippen molar-refractivity contribution in [2.24, 2.45) is 0 Å². The molecule has 0 radical (unpaired) electrons. The Morgan fingerprint density at radius 3 is 2.56 bits per heavy atom. The largest absolute Gasteiger partial charge is 0.497 e. The minimum absolute atomic E-state index is 0.0849. The van der Waals surface area contributed by atoms with Crippen LogP contribution in [0.25, 0.3) is 0 Å². The van der Waals surface area contributed by atoms with Gasteiger partial charge in [-0.3, -0.25) is 4.79 Å². The highest BCUT2D eigenvalue weighted by Crippen LogP contribution is 2.15. The van der Waals surface area contributed by atoms with E-state index in [4.69, 9.17) is 4.74 Å². The van der Waals surface area contributed by atoms with Crippen LogP contribution in [0.1, 0.15) is 30.5 Å². The van der Waals surface area contributed by atoms with Gasteiger partial charge >= 0.3 is 0 Å². The first kappa shape index (κ1) is 21.3. The Morgan fingerprint density at radius 2 is 1.96 bits per heavy atom. The summed E-state index contributed by atoms with van der Waals surface area (Å²) < 4.78 is 32.1. The smallest absolute Gasteiger partial charge is 0.241 e. The molecule has 2 rings (SSSR count). The van der Waals surface area contributed by atoms with Crippen molar-refractivity contribution in [1.29, 1.82) is 0 Å². The molecular weight excluding hydrogens is 386 g/mol. The number of hydrogen-bond acceptors (Lipinski definition) is 6. The Hall–Kier alpha value is -1.97. The number of sulfonamides is 1. The lowest BCUT2D eigenvalue weighted by atomic mass is 10.2. The van der Waals surface area contributed by atoms with Crippen molar-refractivity contribution in [2.45, 2.75) is 44.0 Å². The number of nitrogens with one attached hydrogen (secondary N) is 2. The molecule has 1 heterocycles. The summed E-state index contributed by atoms with van der Waals surface area (Å²) in [7, 11) is -2.27. The summed E-state index contributed by atoms with van der Waals surface area (Å²) in [6.45, 7) is 3.99. The van der Waals surface area contributed by atoms with Gasteiger partial charge in [-0.2, -0.15) is 4.72 Å². The molecule has 0 saturated heterocycles. The third-order valence-corrected chi connectivity index (χ3v) is 6.46. The van der Waals surface area contributed by atoms with Gasteiger partial charge in [0, 0.05) is 17.6 Å². The maximum Gasteiger partial charge on any atom is 0.241 e. The molecule has 27 heavy (non-hydrogen) atoms. The quantitative estimate of drug-likeness (QED) is 0.585. The minimum atomic E-state index is -3.77. The molecule has 0 saturated carbocycles. The average molecular weight is 412 g/mol. The summed E-state index contributed by atoms with van der Waals surface area (Å²) in [6.07, 6.45) is 2.61. The topological polar surface area (TPSA) is 97.4 Å². The van der Waals surface area contributed by atoms with E-state index in [1.807, 2.05) is 12.3 Å². The lowest BCUT2D eigenvalue weighted by Crippen LogP contribution is -2.44. The van der Waals surface area contributed by atoms with Crippen LogP contribution in [-0.2, 0) is 21.2 Å². The Bertz CT molecular complexity index is 848. The molecule has 2 N–H and O–H groups in total. The summed E-state index contributed by atoms with van der Waals surface area (Å²) in [4.78, 5) is 16.6. The fourth-order valence-electron chi connectivity index (χ4n) is 2.39. The second kappa shape index (κ2) is 9.82. The number of carbonyl (C=O) groups excluding carboxylic acids is 1. The van der Waals surface area contributed by atoms with Crippen LogP contribution < -0.4 is 14.8 Å². The lowest BCUT2D eigenvalue weighted by Gasteiger charge is -2.14. The molecule has 1 amide bonds. The van der Waals surface area contributed by atoms with E-state index in [9.17, 15) is 13.2 Å². The Kier molecular flexibility index (Phi) is 7.76. The van der Waals surface area contributed by atoms with Gasteiger partial charge in [0.25, 0.3) is 0 Å². The normalized spacial score (nSPS) is 12.6. The van der Waals surface area contributed by atoms with Crippen molar-refractivity contribution in [2.75, 3.05) is 13.7 Å². The number of benzene rings is 1. The van der Waals surface area contributed by atoms with Gasteiger partial charge in [-0.1, -0.05) is 0 Å². The van der Waals surface area contributed by atoms with Gasteiger partial charge in [-0.05, 0) is 57.4 Å². The second-order valence-corrected chi connectivity index (χ2v) is 8.81. The number of ether oxygens (including phenoxy) is 1. The fourth-order valence-corrected chi connectivity index (χ4v) is 4.41.